The van der Waals surface area contributed by atoms with Crippen LogP contribution >= 0.6 is 11.8 Å². The zero-order valence-electron chi connectivity index (χ0n) is 22.8. The molecule has 1 rings (SSSR count). The fraction of sp³-hybridized carbons (Fsp3) is 0.538. The summed E-state index contributed by atoms with van der Waals surface area (Å²) in [4.78, 5) is 72.9. The van der Waals surface area contributed by atoms with Gasteiger partial charge in [-0.05, 0) is 42.0 Å². The Morgan fingerprint density at radius 3 is 2.08 bits per heavy atom. The van der Waals surface area contributed by atoms with Crippen molar-refractivity contribution in [2.24, 2.45) is 5.92 Å². The molecule has 0 radical (unpaired) electrons. The fourth-order valence-corrected chi connectivity index (χ4v) is 3.99. The maximum atomic E-state index is 13.2. The molecule has 0 unspecified atom stereocenters. The van der Waals surface area contributed by atoms with Crippen molar-refractivity contribution in [1.82, 2.24) is 21.3 Å². The second-order valence-corrected chi connectivity index (χ2v) is 10.2. The monoisotopic (exact) mass is 582 g/mol. The smallest absolute Gasteiger partial charge is 0.326 e. The van der Waals surface area contributed by atoms with E-state index in [1.165, 1.54) is 23.9 Å². The van der Waals surface area contributed by atoms with Gasteiger partial charge in [0.1, 0.15) is 23.9 Å². The minimum Gasteiger partial charge on any atom is -0.508 e. The highest BCUT2D eigenvalue weighted by molar-refractivity contribution is 7.98. The fourth-order valence-electron chi connectivity index (χ4n) is 3.52. The molecule has 4 atom stereocenters. The van der Waals surface area contributed by atoms with Crippen LogP contribution in [0.25, 0.3) is 0 Å². The molecule has 222 valence electrons. The number of hydrogen-bond donors (Lipinski definition) is 7. The average molecular weight is 583 g/mol. The van der Waals surface area contributed by atoms with E-state index in [9.17, 15) is 39.0 Å². The summed E-state index contributed by atoms with van der Waals surface area (Å²) in [5.41, 5.74) is 0.574. The number of phenols is 1. The van der Waals surface area contributed by atoms with Crippen molar-refractivity contribution in [3.05, 3.63) is 29.8 Å². The van der Waals surface area contributed by atoms with Crippen molar-refractivity contribution >= 4 is 47.3 Å². The minimum absolute atomic E-state index is 0.0166. The molecule has 0 fully saturated rings. The van der Waals surface area contributed by atoms with Crippen molar-refractivity contribution in [3.63, 3.8) is 0 Å². The number of amides is 4. The molecule has 40 heavy (non-hydrogen) atoms. The number of aliphatic carboxylic acids is 2. The van der Waals surface area contributed by atoms with E-state index in [0.717, 1.165) is 0 Å². The van der Waals surface area contributed by atoms with Crippen LogP contribution in [0.2, 0.25) is 0 Å². The van der Waals surface area contributed by atoms with Crippen molar-refractivity contribution < 1.29 is 44.1 Å². The van der Waals surface area contributed by atoms with E-state index in [2.05, 4.69) is 21.3 Å². The Bertz CT molecular complexity index is 1040. The molecule has 0 aliphatic rings. The van der Waals surface area contributed by atoms with E-state index >= 15 is 0 Å². The molecular formula is C26H38N4O9S. The Hall–Kier alpha value is -3.81. The Morgan fingerprint density at radius 2 is 1.52 bits per heavy atom. The molecular weight excluding hydrogens is 544 g/mol. The third-order valence-corrected chi connectivity index (χ3v) is 6.70. The van der Waals surface area contributed by atoms with E-state index < -0.39 is 60.2 Å². The summed E-state index contributed by atoms with van der Waals surface area (Å²) < 4.78 is 0. The number of nitrogens with one attached hydrogen (secondary N) is 4. The van der Waals surface area contributed by atoms with Crippen LogP contribution in [0.5, 0.6) is 5.75 Å². The Morgan fingerprint density at radius 1 is 0.875 bits per heavy atom. The van der Waals surface area contributed by atoms with Crippen LogP contribution in [0.3, 0.4) is 0 Å². The van der Waals surface area contributed by atoms with Crippen LogP contribution in [-0.4, -0.2) is 87.6 Å². The number of phenolic OH excluding ortho intramolecular Hbond substituents is 1. The van der Waals surface area contributed by atoms with E-state index in [4.69, 9.17) is 5.11 Å². The lowest BCUT2D eigenvalue weighted by Gasteiger charge is -2.28. The Labute approximate surface area is 236 Å². The van der Waals surface area contributed by atoms with Crippen LogP contribution in [0, 0.1) is 5.92 Å². The van der Waals surface area contributed by atoms with Gasteiger partial charge in [-0.2, -0.15) is 11.8 Å². The maximum Gasteiger partial charge on any atom is 0.326 e. The SMILES string of the molecule is CC[C@H](C)[C@H](NC(=O)[C@H](CCSC)NC(=O)CNC(=O)CCC(=O)O)C(=O)N[C@@H](Cc1ccc(O)cc1)C(=O)O. The van der Waals surface area contributed by atoms with Gasteiger partial charge in [0, 0.05) is 12.8 Å². The van der Waals surface area contributed by atoms with Crippen molar-refractivity contribution in [3.8, 4) is 5.75 Å². The summed E-state index contributed by atoms with van der Waals surface area (Å²) in [6, 6.07) is 2.46. The van der Waals surface area contributed by atoms with Gasteiger partial charge in [0.2, 0.25) is 23.6 Å². The third-order valence-electron chi connectivity index (χ3n) is 6.06. The van der Waals surface area contributed by atoms with E-state index in [-0.39, 0.29) is 37.4 Å². The predicted molar refractivity (Wildman–Crippen MR) is 148 cm³/mol. The minimum atomic E-state index is -1.29. The van der Waals surface area contributed by atoms with Gasteiger partial charge in [-0.15, -0.1) is 0 Å². The van der Waals surface area contributed by atoms with E-state index in [1.54, 1.807) is 19.1 Å². The standard InChI is InChI=1S/C26H38N4O9S/c1-4-15(2)23(25(37)29-19(26(38)39)13-16-5-7-17(31)8-6-16)30-24(36)18(11-12-40-3)28-21(33)14-27-20(32)9-10-22(34)35/h5-8,15,18-19,23,31H,4,9-14H2,1-3H3,(H,27,32)(H,28,33)(H,29,37)(H,30,36)(H,34,35)(H,38,39)/t15-,18-,19-,23-/m0/s1. The van der Waals surface area contributed by atoms with Crippen LogP contribution in [0.15, 0.2) is 24.3 Å². The maximum absolute atomic E-state index is 13.2. The molecule has 0 spiro atoms. The largest absolute Gasteiger partial charge is 0.508 e. The van der Waals surface area contributed by atoms with Crippen LogP contribution < -0.4 is 21.3 Å². The Kier molecular flexibility index (Phi) is 15.2. The highest BCUT2D eigenvalue weighted by Gasteiger charge is 2.32. The van der Waals surface area contributed by atoms with Gasteiger partial charge in [-0.1, -0.05) is 32.4 Å². The molecule has 7 N–H and O–H groups in total. The molecule has 0 heterocycles. The second kappa shape index (κ2) is 17.7. The van der Waals surface area contributed by atoms with Gasteiger partial charge in [-0.3, -0.25) is 24.0 Å². The normalized spacial score (nSPS) is 13.7. The third kappa shape index (κ3) is 12.8. The summed E-state index contributed by atoms with van der Waals surface area (Å²) >= 11 is 1.43. The summed E-state index contributed by atoms with van der Waals surface area (Å²) in [5.74, 6) is -4.93. The molecule has 0 saturated carbocycles. The first-order valence-corrected chi connectivity index (χ1v) is 14.2. The number of thioether (sulfide) groups is 1. The molecule has 0 aliphatic heterocycles. The number of rotatable bonds is 18. The highest BCUT2D eigenvalue weighted by atomic mass is 32.2. The van der Waals surface area contributed by atoms with E-state index in [0.29, 0.717) is 17.7 Å². The van der Waals surface area contributed by atoms with Crippen LogP contribution in [0.1, 0.15) is 45.1 Å². The summed E-state index contributed by atoms with van der Waals surface area (Å²) in [6.07, 6.45) is 1.79. The topological polar surface area (TPSA) is 211 Å². The molecule has 4 amide bonds. The number of hydrogen-bond acceptors (Lipinski definition) is 8. The first kappa shape index (κ1) is 34.2. The zero-order chi connectivity index (χ0) is 30.2. The molecule has 14 heteroatoms. The lowest BCUT2D eigenvalue weighted by molar-refractivity contribution is -0.142. The molecule has 13 nitrogen and oxygen atoms in total. The number of aromatic hydroxyl groups is 1. The zero-order valence-corrected chi connectivity index (χ0v) is 23.6. The van der Waals surface area contributed by atoms with Gasteiger partial charge in [0.05, 0.1) is 13.0 Å². The molecule has 0 bridgehead atoms. The number of benzene rings is 1. The molecule has 0 aromatic heterocycles. The number of carbonyl (C=O) groups excluding carboxylic acids is 4. The van der Waals surface area contributed by atoms with Crippen molar-refractivity contribution in [2.45, 2.75) is 64.1 Å². The van der Waals surface area contributed by atoms with Gasteiger partial charge in [-0.25, -0.2) is 4.79 Å². The van der Waals surface area contributed by atoms with Crippen molar-refractivity contribution in [2.75, 3.05) is 18.6 Å². The van der Waals surface area contributed by atoms with Gasteiger partial charge in [0.25, 0.3) is 0 Å². The number of carboxylic acid groups (broad SMARTS) is 2. The molecule has 0 aliphatic carbocycles. The summed E-state index contributed by atoms with van der Waals surface area (Å²) in [6.45, 7) is 3.07. The predicted octanol–water partition coefficient (Wildman–Crippen LogP) is 0.254. The quantitative estimate of drug-likeness (QED) is 0.125. The molecule has 1 aromatic rings. The lowest BCUT2D eigenvalue weighted by atomic mass is 9.96. The Balaban J connectivity index is 2.92. The van der Waals surface area contributed by atoms with E-state index in [1.807, 2.05) is 13.2 Å². The van der Waals surface area contributed by atoms with Gasteiger partial charge < -0.3 is 36.6 Å². The number of carboxylic acids is 2. The van der Waals surface area contributed by atoms with Gasteiger partial charge >= 0.3 is 11.9 Å². The first-order valence-electron chi connectivity index (χ1n) is 12.8. The highest BCUT2D eigenvalue weighted by Crippen LogP contribution is 2.13. The summed E-state index contributed by atoms with van der Waals surface area (Å²) in [5, 5.41) is 37.7. The first-order chi connectivity index (χ1) is 18.9. The number of carbonyl (C=O) groups is 6. The van der Waals surface area contributed by atoms with Crippen molar-refractivity contribution in [1.29, 1.82) is 0 Å². The molecule has 1 aromatic carbocycles. The second-order valence-electron chi connectivity index (χ2n) is 9.21. The molecule has 0 saturated heterocycles. The average Bonchev–Trinajstić information content (AvgIpc) is 2.91. The van der Waals surface area contributed by atoms with Crippen LogP contribution in [-0.2, 0) is 35.2 Å². The lowest BCUT2D eigenvalue weighted by Crippen LogP contribution is -2.58. The van der Waals surface area contributed by atoms with Gasteiger partial charge in [0.15, 0.2) is 0 Å². The van der Waals surface area contributed by atoms with Crippen LogP contribution in [0.4, 0.5) is 0 Å². The summed E-state index contributed by atoms with van der Waals surface area (Å²) in [7, 11) is 0.